The van der Waals surface area contributed by atoms with Gasteiger partial charge in [-0.05, 0) is 24.3 Å². The minimum absolute atomic E-state index is 0.578. The molecule has 1 aliphatic heterocycles. The molecular weight excluding hydrogens is 285 g/mol. The molecule has 2 aromatic rings. The van der Waals surface area contributed by atoms with Gasteiger partial charge < -0.3 is 9.26 Å². The van der Waals surface area contributed by atoms with Crippen LogP contribution in [0.4, 0.5) is 0 Å². The van der Waals surface area contributed by atoms with Crippen molar-refractivity contribution >= 4 is 12.8 Å². The first-order valence-corrected chi connectivity index (χ1v) is 8.60. The first kappa shape index (κ1) is 14.3. The van der Waals surface area contributed by atoms with Crippen molar-refractivity contribution in [1.29, 1.82) is 0 Å². The quantitative estimate of drug-likeness (QED) is 0.814. The van der Waals surface area contributed by atoms with Crippen molar-refractivity contribution in [2.45, 2.75) is 0 Å². The molecular formula is C16H18NO3P. The fraction of sp³-hybridized carbons (Fsp3) is 0.250. The number of para-hydroxylation sites is 1. The Morgan fingerprint density at radius 2 is 1.48 bits per heavy atom. The molecule has 0 aromatic heterocycles. The molecule has 1 aliphatic rings. The van der Waals surface area contributed by atoms with Crippen molar-refractivity contribution in [2.75, 3.05) is 26.3 Å². The lowest BCUT2D eigenvalue weighted by Gasteiger charge is -2.33. The molecule has 1 atom stereocenters. The second kappa shape index (κ2) is 6.44. The summed E-state index contributed by atoms with van der Waals surface area (Å²) < 4.78 is 26.8. The van der Waals surface area contributed by atoms with E-state index in [9.17, 15) is 4.57 Å². The Morgan fingerprint density at radius 3 is 2.10 bits per heavy atom. The van der Waals surface area contributed by atoms with Gasteiger partial charge in [0, 0.05) is 13.1 Å². The van der Waals surface area contributed by atoms with Crippen molar-refractivity contribution < 1.29 is 13.8 Å². The summed E-state index contributed by atoms with van der Waals surface area (Å²) in [6, 6.07) is 18.7. The summed E-state index contributed by atoms with van der Waals surface area (Å²) in [6.07, 6.45) is 0. The number of morpholine rings is 1. The zero-order chi connectivity index (χ0) is 14.5. The second-order valence-corrected chi connectivity index (χ2v) is 7.13. The fourth-order valence-corrected chi connectivity index (χ4v) is 4.53. The van der Waals surface area contributed by atoms with Gasteiger partial charge in [-0.3, -0.25) is 4.57 Å². The Labute approximate surface area is 124 Å². The lowest BCUT2D eigenvalue weighted by atomic mass is 10.3. The van der Waals surface area contributed by atoms with Gasteiger partial charge >= 0.3 is 7.52 Å². The van der Waals surface area contributed by atoms with E-state index >= 15 is 0 Å². The van der Waals surface area contributed by atoms with E-state index in [2.05, 4.69) is 0 Å². The molecule has 3 rings (SSSR count). The molecule has 1 fully saturated rings. The lowest BCUT2D eigenvalue weighted by molar-refractivity contribution is 0.0692. The molecule has 0 radical (unpaired) electrons. The van der Waals surface area contributed by atoms with Crippen LogP contribution in [0.1, 0.15) is 0 Å². The van der Waals surface area contributed by atoms with Gasteiger partial charge in [-0.15, -0.1) is 0 Å². The zero-order valence-electron chi connectivity index (χ0n) is 11.7. The minimum atomic E-state index is -3.12. The molecule has 0 amide bonds. The highest BCUT2D eigenvalue weighted by atomic mass is 31.2. The smallest absolute Gasteiger partial charge is 0.349 e. The van der Waals surface area contributed by atoms with Crippen molar-refractivity contribution in [3.05, 3.63) is 60.7 Å². The van der Waals surface area contributed by atoms with Gasteiger partial charge in [0.15, 0.2) is 0 Å². The molecule has 0 spiro atoms. The monoisotopic (exact) mass is 303 g/mol. The first-order valence-electron chi connectivity index (χ1n) is 7.02. The number of hydrogen-bond acceptors (Lipinski definition) is 3. The van der Waals surface area contributed by atoms with Crippen molar-refractivity contribution in [3.63, 3.8) is 0 Å². The SMILES string of the molecule is O=P(Oc1ccccc1)(c1ccccc1)N1CCOCC1. The highest BCUT2D eigenvalue weighted by Crippen LogP contribution is 2.49. The van der Waals surface area contributed by atoms with Crippen LogP contribution in [-0.2, 0) is 9.30 Å². The Morgan fingerprint density at radius 1 is 0.905 bits per heavy atom. The van der Waals surface area contributed by atoms with E-state index < -0.39 is 7.52 Å². The topological polar surface area (TPSA) is 38.8 Å². The van der Waals surface area contributed by atoms with Gasteiger partial charge in [0.1, 0.15) is 5.75 Å². The lowest BCUT2D eigenvalue weighted by Crippen LogP contribution is -2.38. The number of rotatable bonds is 4. The van der Waals surface area contributed by atoms with E-state index in [0.717, 1.165) is 5.30 Å². The summed E-state index contributed by atoms with van der Waals surface area (Å²) in [5.41, 5.74) is 0. The summed E-state index contributed by atoms with van der Waals surface area (Å²) >= 11 is 0. The predicted octanol–water partition coefficient (Wildman–Crippen LogP) is 2.92. The maximum Gasteiger partial charge on any atom is 0.349 e. The van der Waals surface area contributed by atoms with Gasteiger partial charge in [0.2, 0.25) is 0 Å². The summed E-state index contributed by atoms with van der Waals surface area (Å²) in [7, 11) is -3.12. The predicted molar refractivity (Wildman–Crippen MR) is 83.1 cm³/mol. The third-order valence-electron chi connectivity index (χ3n) is 3.41. The Kier molecular flexibility index (Phi) is 4.39. The first-order chi connectivity index (χ1) is 10.3. The van der Waals surface area contributed by atoms with Crippen molar-refractivity contribution in [3.8, 4) is 5.75 Å². The van der Waals surface area contributed by atoms with E-state index in [4.69, 9.17) is 9.26 Å². The van der Waals surface area contributed by atoms with Crippen LogP contribution in [0.3, 0.4) is 0 Å². The second-order valence-electron chi connectivity index (χ2n) is 4.83. The van der Waals surface area contributed by atoms with E-state index in [1.807, 2.05) is 65.3 Å². The largest absolute Gasteiger partial charge is 0.429 e. The van der Waals surface area contributed by atoms with Gasteiger partial charge in [-0.1, -0.05) is 36.4 Å². The van der Waals surface area contributed by atoms with Crippen molar-refractivity contribution in [2.24, 2.45) is 0 Å². The van der Waals surface area contributed by atoms with Crippen LogP contribution >= 0.6 is 7.52 Å². The average molecular weight is 303 g/mol. The average Bonchev–Trinajstić information content (AvgIpc) is 2.57. The standard InChI is InChI=1S/C16H18NO3P/c18-21(16-9-5-2-6-10-16,17-11-13-19-14-12-17)20-15-7-3-1-4-8-15/h1-10H,11-14H2. The molecule has 4 nitrogen and oxygen atoms in total. The van der Waals surface area contributed by atoms with Crippen LogP contribution in [0, 0.1) is 0 Å². The summed E-state index contributed by atoms with van der Waals surface area (Å²) in [5, 5.41) is 0.718. The molecule has 110 valence electrons. The zero-order valence-corrected chi connectivity index (χ0v) is 12.6. The Bertz CT molecular complexity index is 612. The third kappa shape index (κ3) is 3.18. The van der Waals surface area contributed by atoms with Crippen LogP contribution in [0.25, 0.3) is 0 Å². The van der Waals surface area contributed by atoms with Gasteiger partial charge in [0.25, 0.3) is 0 Å². The summed E-state index contributed by atoms with van der Waals surface area (Å²) in [4.78, 5) is 0. The molecule has 0 bridgehead atoms. The molecule has 1 saturated heterocycles. The molecule has 2 aromatic carbocycles. The highest BCUT2D eigenvalue weighted by molar-refractivity contribution is 7.65. The number of hydrogen-bond donors (Lipinski definition) is 0. The van der Waals surface area contributed by atoms with Gasteiger partial charge in [-0.2, -0.15) is 0 Å². The van der Waals surface area contributed by atoms with E-state index in [-0.39, 0.29) is 0 Å². The third-order valence-corrected chi connectivity index (χ3v) is 5.97. The van der Waals surface area contributed by atoms with Crippen LogP contribution < -0.4 is 9.83 Å². The van der Waals surface area contributed by atoms with E-state index in [1.165, 1.54) is 0 Å². The maximum atomic E-state index is 13.6. The fourth-order valence-electron chi connectivity index (χ4n) is 2.33. The van der Waals surface area contributed by atoms with Crippen LogP contribution in [0.2, 0.25) is 0 Å². The van der Waals surface area contributed by atoms with Gasteiger partial charge in [-0.25, -0.2) is 4.67 Å². The number of nitrogens with zero attached hydrogens (tertiary/aromatic N) is 1. The minimum Gasteiger partial charge on any atom is -0.429 e. The molecule has 1 unspecified atom stereocenters. The number of ether oxygens (including phenoxy) is 1. The van der Waals surface area contributed by atoms with Crippen LogP contribution in [0.5, 0.6) is 5.75 Å². The molecule has 5 heteroatoms. The molecule has 0 aliphatic carbocycles. The molecule has 1 heterocycles. The molecule has 21 heavy (non-hydrogen) atoms. The Hall–Kier alpha value is -1.61. The molecule has 0 saturated carbocycles. The van der Waals surface area contributed by atoms with Gasteiger partial charge in [0.05, 0.1) is 18.5 Å². The molecule has 0 N–H and O–H groups in total. The normalized spacial score (nSPS) is 18.9. The van der Waals surface area contributed by atoms with E-state index in [0.29, 0.717) is 32.1 Å². The maximum absolute atomic E-state index is 13.6. The van der Waals surface area contributed by atoms with Crippen molar-refractivity contribution in [1.82, 2.24) is 4.67 Å². The summed E-state index contributed by atoms with van der Waals surface area (Å²) in [6.45, 7) is 2.38. The van der Waals surface area contributed by atoms with E-state index in [1.54, 1.807) is 0 Å². The van der Waals surface area contributed by atoms with Crippen LogP contribution in [0.15, 0.2) is 60.7 Å². The van der Waals surface area contributed by atoms with Crippen LogP contribution in [-0.4, -0.2) is 31.0 Å². The highest BCUT2D eigenvalue weighted by Gasteiger charge is 2.36. The number of benzene rings is 2. The summed E-state index contributed by atoms with van der Waals surface area (Å²) in [5.74, 6) is 0.621. The Balaban J connectivity index is 1.96.